The fourth-order valence-electron chi connectivity index (χ4n) is 1.15. The number of carbonyl (C=O) groups is 6. The maximum Gasteiger partial charge on any atom is 0.423 e. The van der Waals surface area contributed by atoms with Crippen LogP contribution in [0.25, 0.3) is 0 Å². The van der Waals surface area contributed by atoms with Crippen LogP contribution in [0.2, 0.25) is 0 Å². The van der Waals surface area contributed by atoms with Gasteiger partial charge in [-0.1, -0.05) is 0 Å². The number of hydrogen-bond donors (Lipinski definition) is 2. The molecular weight excluding hydrogens is 352 g/mol. The number of imide groups is 4. The number of hydrogen-bond acceptors (Lipinski definition) is 9. The van der Waals surface area contributed by atoms with Crippen LogP contribution in [0.3, 0.4) is 0 Å². The van der Waals surface area contributed by atoms with Crippen LogP contribution in [0.1, 0.15) is 0 Å². The molecule has 0 atom stereocenters. The first-order chi connectivity index (χ1) is 12.1. The van der Waals surface area contributed by atoms with Crippen LogP contribution in [0.5, 0.6) is 0 Å². The lowest BCUT2D eigenvalue weighted by molar-refractivity contribution is -0.136. The molecule has 0 saturated heterocycles. The quantitative estimate of drug-likeness (QED) is 0.479. The van der Waals surface area contributed by atoms with E-state index in [0.717, 1.165) is 24.2 Å². The molecule has 4 N–H and O–H groups in total. The zero-order valence-electron chi connectivity index (χ0n) is 14.6. The van der Waals surface area contributed by atoms with Gasteiger partial charge in [-0.25, -0.2) is 9.59 Å². The third-order valence-corrected chi connectivity index (χ3v) is 2.40. The minimum absolute atomic E-state index is 0.241. The first-order valence-corrected chi connectivity index (χ1v) is 6.70. The van der Waals surface area contributed by atoms with Crippen LogP contribution < -0.4 is 11.5 Å². The Hall–Kier alpha value is -3.54. The molecule has 0 saturated carbocycles. The van der Waals surface area contributed by atoms with Gasteiger partial charge in [0.05, 0.1) is 14.2 Å². The van der Waals surface area contributed by atoms with Gasteiger partial charge < -0.3 is 20.9 Å². The molecule has 0 aromatic rings. The highest BCUT2D eigenvalue weighted by atomic mass is 16.5. The third kappa shape index (κ3) is 8.35. The molecule has 0 aromatic carbocycles. The van der Waals surface area contributed by atoms with Crippen molar-refractivity contribution >= 4 is 35.8 Å². The van der Waals surface area contributed by atoms with Gasteiger partial charge in [-0.2, -0.15) is 4.90 Å². The molecular formula is C14H20N4O8. The van der Waals surface area contributed by atoms with Crippen molar-refractivity contribution < 1.29 is 38.2 Å². The standard InChI is InChI=1S/C6H5NO4.C5H5NO2.C2H5NO2.CH5N/c1-11-6(10)7-4(8)2-3-5(7)9;1-6-4(7)2-3-5(6)8;1-5-2(3)4;1-2/h2-3H,1H3;2-3H,1H3;1H3,(H2,3,4);2H2,1H3. The molecule has 0 spiro atoms. The number of nitrogens with two attached hydrogens (primary N) is 2. The van der Waals surface area contributed by atoms with E-state index in [0.29, 0.717) is 4.90 Å². The molecule has 144 valence electrons. The summed E-state index contributed by atoms with van der Waals surface area (Å²) in [7, 11) is 5.27. The topological polar surface area (TPSA) is 179 Å². The minimum atomic E-state index is -0.954. The molecule has 0 fully saturated rings. The van der Waals surface area contributed by atoms with Crippen LogP contribution in [0, 0.1) is 0 Å². The summed E-state index contributed by atoms with van der Waals surface area (Å²) in [6, 6.07) is 0. The lowest BCUT2D eigenvalue weighted by Crippen LogP contribution is -2.35. The van der Waals surface area contributed by atoms with E-state index in [2.05, 4.69) is 20.9 Å². The van der Waals surface area contributed by atoms with Crippen molar-refractivity contribution in [1.29, 1.82) is 0 Å². The fourth-order valence-corrected chi connectivity index (χ4v) is 1.15. The van der Waals surface area contributed by atoms with Gasteiger partial charge in [0, 0.05) is 31.4 Å². The molecule has 0 unspecified atom stereocenters. The monoisotopic (exact) mass is 372 g/mol. The SMILES string of the molecule is CN.CN1C(=O)C=CC1=O.COC(=O)N1C(=O)C=CC1=O.COC(N)=O. The van der Waals surface area contributed by atoms with E-state index in [9.17, 15) is 28.8 Å². The van der Waals surface area contributed by atoms with Gasteiger partial charge in [-0.3, -0.25) is 24.1 Å². The van der Waals surface area contributed by atoms with Crippen LogP contribution in [0.15, 0.2) is 24.3 Å². The predicted octanol–water partition coefficient (Wildman–Crippen LogP) is -1.49. The zero-order valence-corrected chi connectivity index (χ0v) is 14.6. The predicted molar refractivity (Wildman–Crippen MR) is 87.0 cm³/mol. The summed E-state index contributed by atoms with van der Waals surface area (Å²) in [6.07, 6.45) is 2.83. The van der Waals surface area contributed by atoms with Crippen molar-refractivity contribution in [3.8, 4) is 0 Å². The Morgan fingerprint density at radius 3 is 1.31 bits per heavy atom. The summed E-state index contributed by atoms with van der Waals surface area (Å²) in [5.74, 6) is -1.81. The molecule has 12 nitrogen and oxygen atoms in total. The number of methoxy groups -OCH3 is 2. The van der Waals surface area contributed by atoms with E-state index in [1.807, 2.05) is 0 Å². The number of carbonyl (C=O) groups excluding carboxylic acids is 6. The van der Waals surface area contributed by atoms with Gasteiger partial charge in [0.1, 0.15) is 0 Å². The maximum absolute atomic E-state index is 10.7. The third-order valence-electron chi connectivity index (χ3n) is 2.40. The summed E-state index contributed by atoms with van der Waals surface area (Å²) in [4.78, 5) is 63.7. The summed E-state index contributed by atoms with van der Waals surface area (Å²) in [6.45, 7) is 0. The average Bonchev–Trinajstić information content (AvgIpc) is 3.12. The second-order valence-corrected chi connectivity index (χ2v) is 3.91. The highest BCUT2D eigenvalue weighted by molar-refractivity contribution is 6.21. The van der Waals surface area contributed by atoms with Gasteiger partial charge in [0.25, 0.3) is 23.6 Å². The molecule has 0 bridgehead atoms. The molecule has 6 amide bonds. The number of primary amides is 1. The summed E-state index contributed by atoms with van der Waals surface area (Å²) in [5, 5.41) is 0. The second kappa shape index (κ2) is 12.8. The molecule has 2 aliphatic rings. The Kier molecular flexibility index (Phi) is 12.2. The van der Waals surface area contributed by atoms with Gasteiger partial charge in [0.2, 0.25) is 0 Å². The maximum atomic E-state index is 10.7. The van der Waals surface area contributed by atoms with Gasteiger partial charge in [-0.15, -0.1) is 0 Å². The summed E-state index contributed by atoms with van der Waals surface area (Å²) < 4.78 is 8.07. The first kappa shape index (κ1) is 24.7. The van der Waals surface area contributed by atoms with Crippen LogP contribution >= 0.6 is 0 Å². The van der Waals surface area contributed by atoms with Gasteiger partial charge >= 0.3 is 12.2 Å². The molecule has 2 rings (SSSR count). The molecule has 0 aromatic heterocycles. The molecule has 2 aliphatic heterocycles. The van der Waals surface area contributed by atoms with Crippen molar-refractivity contribution in [2.75, 3.05) is 28.3 Å². The van der Waals surface area contributed by atoms with Gasteiger partial charge in [-0.05, 0) is 7.05 Å². The van der Waals surface area contributed by atoms with Crippen molar-refractivity contribution in [2.24, 2.45) is 11.5 Å². The molecule has 0 aliphatic carbocycles. The number of amides is 6. The Bertz CT molecular complexity index is 590. The lowest BCUT2D eigenvalue weighted by atomic mass is 10.6. The fraction of sp³-hybridized carbons (Fsp3) is 0.286. The zero-order chi connectivity index (χ0) is 20.9. The lowest BCUT2D eigenvalue weighted by Gasteiger charge is -2.08. The molecule has 2 heterocycles. The Morgan fingerprint density at radius 1 is 0.808 bits per heavy atom. The van der Waals surface area contributed by atoms with E-state index < -0.39 is 24.0 Å². The van der Waals surface area contributed by atoms with Crippen molar-refractivity contribution in [2.45, 2.75) is 0 Å². The second-order valence-electron chi connectivity index (χ2n) is 3.91. The minimum Gasteiger partial charge on any atom is -0.453 e. The van der Waals surface area contributed by atoms with Gasteiger partial charge in [0.15, 0.2) is 0 Å². The number of ether oxygens (including phenoxy) is 2. The van der Waals surface area contributed by atoms with Crippen LogP contribution in [-0.4, -0.2) is 73.9 Å². The highest BCUT2D eigenvalue weighted by Gasteiger charge is 2.30. The average molecular weight is 372 g/mol. The summed E-state index contributed by atoms with van der Waals surface area (Å²) >= 11 is 0. The number of nitrogens with zero attached hydrogens (tertiary/aromatic N) is 2. The number of likely N-dealkylation sites (N-methyl/N-ethyl adjacent to an activating group) is 1. The smallest absolute Gasteiger partial charge is 0.423 e. The van der Waals surface area contributed by atoms with E-state index in [4.69, 9.17) is 0 Å². The normalized spacial score (nSPS) is 13.9. The van der Waals surface area contributed by atoms with E-state index in [1.165, 1.54) is 33.4 Å². The highest BCUT2D eigenvalue weighted by Crippen LogP contribution is 2.04. The number of rotatable bonds is 0. The van der Waals surface area contributed by atoms with Crippen LogP contribution in [0.4, 0.5) is 9.59 Å². The van der Waals surface area contributed by atoms with E-state index >= 15 is 0 Å². The van der Waals surface area contributed by atoms with E-state index in [-0.39, 0.29) is 11.8 Å². The Balaban J connectivity index is 0. The molecule has 12 heteroatoms. The van der Waals surface area contributed by atoms with Crippen LogP contribution in [-0.2, 0) is 28.7 Å². The van der Waals surface area contributed by atoms with Crippen molar-refractivity contribution in [1.82, 2.24) is 9.80 Å². The Morgan fingerprint density at radius 2 is 1.12 bits per heavy atom. The van der Waals surface area contributed by atoms with E-state index in [1.54, 1.807) is 0 Å². The Labute approximate surface area is 149 Å². The molecule has 0 radical (unpaired) electrons. The first-order valence-electron chi connectivity index (χ1n) is 6.70. The summed E-state index contributed by atoms with van der Waals surface area (Å²) in [5.41, 5.74) is 8.93. The van der Waals surface area contributed by atoms with Crippen molar-refractivity contribution in [3.05, 3.63) is 24.3 Å². The molecule has 26 heavy (non-hydrogen) atoms. The largest absolute Gasteiger partial charge is 0.453 e. The van der Waals surface area contributed by atoms with Crippen molar-refractivity contribution in [3.63, 3.8) is 0 Å².